The van der Waals surface area contributed by atoms with Crippen LogP contribution in [0.1, 0.15) is 52.9 Å². The van der Waals surface area contributed by atoms with Crippen LogP contribution in [0.2, 0.25) is 0 Å². The van der Waals surface area contributed by atoms with Crippen LogP contribution in [0.5, 0.6) is 0 Å². The fourth-order valence-corrected chi connectivity index (χ4v) is 3.62. The van der Waals surface area contributed by atoms with E-state index >= 15 is 0 Å². The number of nitrogens with one attached hydrogen (secondary N) is 1. The van der Waals surface area contributed by atoms with Gasteiger partial charge in [0.15, 0.2) is 0 Å². The molecule has 2 rings (SSSR count). The first-order valence-electron chi connectivity index (χ1n) is 7.63. The standard InChI is InChI=1S/C15H26N2O3/c1-10-6-5-9-17(12(10)13(18)19)14(20)16-11-7-4-8-15(11,2)3/h10-12H,4-9H2,1-3H3,(H,16,20)(H,18,19). The maximum Gasteiger partial charge on any atom is 0.326 e. The van der Waals surface area contributed by atoms with Gasteiger partial charge in [0.2, 0.25) is 0 Å². The van der Waals surface area contributed by atoms with Crippen LogP contribution in [0, 0.1) is 11.3 Å². The molecule has 0 aromatic heterocycles. The van der Waals surface area contributed by atoms with Crippen molar-refractivity contribution in [3.05, 3.63) is 0 Å². The smallest absolute Gasteiger partial charge is 0.326 e. The SMILES string of the molecule is CC1CCCN(C(=O)NC2CCCC2(C)C)C1C(=O)O. The Morgan fingerprint density at radius 1 is 1.25 bits per heavy atom. The molecule has 1 aliphatic heterocycles. The first-order chi connectivity index (χ1) is 9.33. The van der Waals surface area contributed by atoms with Crippen molar-refractivity contribution in [2.75, 3.05) is 6.54 Å². The molecule has 2 fully saturated rings. The Kier molecular flexibility index (Phi) is 4.25. The zero-order chi connectivity index (χ0) is 14.9. The molecule has 1 heterocycles. The third kappa shape index (κ3) is 2.91. The molecular formula is C15H26N2O3. The van der Waals surface area contributed by atoms with E-state index in [2.05, 4.69) is 19.2 Å². The second-order valence-corrected chi connectivity index (χ2v) is 6.98. The first-order valence-corrected chi connectivity index (χ1v) is 7.63. The van der Waals surface area contributed by atoms with E-state index < -0.39 is 12.0 Å². The monoisotopic (exact) mass is 282 g/mol. The number of hydrogen-bond acceptors (Lipinski definition) is 2. The molecule has 0 aromatic rings. The molecule has 1 saturated carbocycles. The van der Waals surface area contributed by atoms with Gasteiger partial charge in [0.25, 0.3) is 0 Å². The van der Waals surface area contributed by atoms with Gasteiger partial charge in [-0.25, -0.2) is 9.59 Å². The van der Waals surface area contributed by atoms with Crippen LogP contribution in [-0.4, -0.2) is 40.6 Å². The summed E-state index contributed by atoms with van der Waals surface area (Å²) in [5.41, 5.74) is 0.107. The molecule has 3 unspecified atom stereocenters. The molecule has 0 spiro atoms. The molecule has 0 radical (unpaired) electrons. The third-order valence-electron chi connectivity index (χ3n) is 5.00. The first kappa shape index (κ1) is 15.1. The van der Waals surface area contributed by atoms with E-state index in [4.69, 9.17) is 0 Å². The Bertz CT molecular complexity index is 395. The number of carboxylic acid groups (broad SMARTS) is 1. The highest BCUT2D eigenvalue weighted by Crippen LogP contribution is 2.37. The van der Waals surface area contributed by atoms with E-state index in [0.29, 0.717) is 6.54 Å². The summed E-state index contributed by atoms with van der Waals surface area (Å²) < 4.78 is 0. The summed E-state index contributed by atoms with van der Waals surface area (Å²) in [4.78, 5) is 25.4. The molecular weight excluding hydrogens is 256 g/mol. The predicted molar refractivity (Wildman–Crippen MR) is 76.5 cm³/mol. The van der Waals surface area contributed by atoms with E-state index in [1.165, 1.54) is 4.90 Å². The summed E-state index contributed by atoms with van der Waals surface area (Å²) in [6.07, 6.45) is 4.97. The number of hydrogen-bond donors (Lipinski definition) is 2. The van der Waals surface area contributed by atoms with Gasteiger partial charge in [0.05, 0.1) is 0 Å². The molecule has 2 amide bonds. The number of carbonyl (C=O) groups is 2. The average Bonchev–Trinajstić information content (AvgIpc) is 2.67. The summed E-state index contributed by atoms with van der Waals surface area (Å²) in [6.45, 7) is 6.79. The highest BCUT2D eigenvalue weighted by atomic mass is 16.4. The fourth-order valence-electron chi connectivity index (χ4n) is 3.62. The Hall–Kier alpha value is -1.26. The van der Waals surface area contributed by atoms with Crippen molar-refractivity contribution in [2.24, 2.45) is 11.3 Å². The lowest BCUT2D eigenvalue weighted by molar-refractivity contribution is -0.145. The predicted octanol–water partition coefficient (Wildman–Crippen LogP) is 2.46. The van der Waals surface area contributed by atoms with E-state index in [1.54, 1.807) is 0 Å². The number of aliphatic carboxylic acids is 1. The Balaban J connectivity index is 2.05. The molecule has 2 N–H and O–H groups in total. The van der Waals surface area contributed by atoms with Crippen molar-refractivity contribution < 1.29 is 14.7 Å². The van der Waals surface area contributed by atoms with Crippen molar-refractivity contribution in [3.63, 3.8) is 0 Å². The van der Waals surface area contributed by atoms with E-state index in [-0.39, 0.29) is 23.4 Å². The molecule has 0 bridgehead atoms. The highest BCUT2D eigenvalue weighted by molar-refractivity contribution is 5.83. The van der Waals surface area contributed by atoms with Crippen LogP contribution >= 0.6 is 0 Å². The van der Waals surface area contributed by atoms with Gasteiger partial charge in [0, 0.05) is 12.6 Å². The number of likely N-dealkylation sites (tertiary alicyclic amines) is 1. The molecule has 5 heteroatoms. The van der Waals surface area contributed by atoms with Gasteiger partial charge in [-0.2, -0.15) is 0 Å². The molecule has 114 valence electrons. The van der Waals surface area contributed by atoms with Crippen molar-refractivity contribution in [2.45, 2.75) is 65.0 Å². The number of amides is 2. The van der Waals surface area contributed by atoms with Gasteiger partial charge in [0.1, 0.15) is 6.04 Å². The van der Waals surface area contributed by atoms with E-state index in [9.17, 15) is 14.7 Å². The summed E-state index contributed by atoms with van der Waals surface area (Å²) >= 11 is 0. The Morgan fingerprint density at radius 3 is 2.50 bits per heavy atom. The summed E-state index contributed by atoms with van der Waals surface area (Å²) in [6, 6.07) is -0.737. The number of urea groups is 1. The minimum Gasteiger partial charge on any atom is -0.480 e. The summed E-state index contributed by atoms with van der Waals surface area (Å²) in [7, 11) is 0. The van der Waals surface area contributed by atoms with Crippen LogP contribution in [0.25, 0.3) is 0 Å². The number of carboxylic acids is 1. The normalized spacial score (nSPS) is 33.0. The number of carbonyl (C=O) groups excluding carboxylic acids is 1. The molecule has 2 aliphatic rings. The van der Waals surface area contributed by atoms with Crippen LogP contribution in [0.4, 0.5) is 4.79 Å². The lowest BCUT2D eigenvalue weighted by Crippen LogP contribution is -2.57. The molecule has 20 heavy (non-hydrogen) atoms. The molecule has 0 aromatic carbocycles. The van der Waals surface area contributed by atoms with Crippen LogP contribution < -0.4 is 5.32 Å². The number of nitrogens with zero attached hydrogens (tertiary/aromatic N) is 1. The maximum absolute atomic E-state index is 12.5. The van der Waals surface area contributed by atoms with E-state index in [1.807, 2.05) is 6.92 Å². The van der Waals surface area contributed by atoms with Crippen molar-refractivity contribution in [1.82, 2.24) is 10.2 Å². The van der Waals surface area contributed by atoms with Crippen molar-refractivity contribution in [3.8, 4) is 0 Å². The molecule has 1 aliphatic carbocycles. The zero-order valence-electron chi connectivity index (χ0n) is 12.7. The van der Waals surface area contributed by atoms with Crippen molar-refractivity contribution in [1.29, 1.82) is 0 Å². The number of piperidine rings is 1. The van der Waals surface area contributed by atoms with Gasteiger partial charge in [-0.15, -0.1) is 0 Å². The fraction of sp³-hybridized carbons (Fsp3) is 0.867. The Labute approximate surface area is 120 Å². The van der Waals surface area contributed by atoms with Crippen LogP contribution in [-0.2, 0) is 4.79 Å². The molecule has 3 atom stereocenters. The minimum absolute atomic E-state index is 0.0172. The average molecular weight is 282 g/mol. The lowest BCUT2D eigenvalue weighted by atomic mass is 9.87. The van der Waals surface area contributed by atoms with Gasteiger partial charge >= 0.3 is 12.0 Å². The third-order valence-corrected chi connectivity index (χ3v) is 5.00. The summed E-state index contributed by atoms with van der Waals surface area (Å²) in [5.74, 6) is -0.873. The molecule has 5 nitrogen and oxygen atoms in total. The zero-order valence-corrected chi connectivity index (χ0v) is 12.7. The quantitative estimate of drug-likeness (QED) is 0.817. The summed E-state index contributed by atoms with van der Waals surface area (Å²) in [5, 5.41) is 12.4. The van der Waals surface area contributed by atoms with Gasteiger partial charge in [-0.05, 0) is 37.0 Å². The van der Waals surface area contributed by atoms with Crippen LogP contribution in [0.3, 0.4) is 0 Å². The molecule has 1 saturated heterocycles. The highest BCUT2D eigenvalue weighted by Gasteiger charge is 2.40. The lowest BCUT2D eigenvalue weighted by Gasteiger charge is -2.39. The largest absolute Gasteiger partial charge is 0.480 e. The van der Waals surface area contributed by atoms with Gasteiger partial charge in [-0.1, -0.05) is 27.2 Å². The van der Waals surface area contributed by atoms with E-state index in [0.717, 1.165) is 32.1 Å². The second kappa shape index (κ2) is 5.62. The van der Waals surface area contributed by atoms with Gasteiger partial charge in [-0.3, -0.25) is 0 Å². The maximum atomic E-state index is 12.5. The minimum atomic E-state index is -0.891. The topological polar surface area (TPSA) is 69.6 Å². The second-order valence-electron chi connectivity index (χ2n) is 6.98. The van der Waals surface area contributed by atoms with Crippen LogP contribution in [0.15, 0.2) is 0 Å². The Morgan fingerprint density at radius 2 is 1.95 bits per heavy atom. The number of rotatable bonds is 2. The van der Waals surface area contributed by atoms with Crippen molar-refractivity contribution >= 4 is 12.0 Å². The van der Waals surface area contributed by atoms with Gasteiger partial charge < -0.3 is 15.3 Å².